The van der Waals surface area contributed by atoms with Crippen LogP contribution in [0.15, 0.2) is 12.4 Å². The number of hydrogen-bond acceptors (Lipinski definition) is 5. The first-order valence-electron chi connectivity index (χ1n) is 8.52. The van der Waals surface area contributed by atoms with Gasteiger partial charge in [0.05, 0.1) is 22.9 Å². The number of rotatable bonds is 3. The van der Waals surface area contributed by atoms with Crippen molar-refractivity contribution in [2.24, 2.45) is 7.05 Å². The number of aryl methyl sites for hydroxylation is 1. The number of pyridine rings is 1. The van der Waals surface area contributed by atoms with Crippen molar-refractivity contribution < 1.29 is 13.2 Å². The summed E-state index contributed by atoms with van der Waals surface area (Å²) in [4.78, 5) is 5.86. The molecular weight excluding hydrogens is 381 g/mol. The lowest BCUT2D eigenvalue weighted by Crippen LogP contribution is -2.42. The molecule has 1 saturated heterocycles. The average molecular weight is 397 g/mol. The fourth-order valence-corrected chi connectivity index (χ4v) is 3.94. The normalized spacial score (nSPS) is 23.1. The Bertz CT molecular complexity index is 929. The minimum absolute atomic E-state index is 0.00299. The lowest BCUT2D eigenvalue weighted by Gasteiger charge is -2.37. The molecule has 2 aromatic rings. The zero-order valence-electron chi connectivity index (χ0n) is 14.5. The van der Waals surface area contributed by atoms with E-state index in [-0.39, 0.29) is 41.5 Å². The van der Waals surface area contributed by atoms with Crippen LogP contribution in [0.3, 0.4) is 0 Å². The Balaban J connectivity index is 1.58. The van der Waals surface area contributed by atoms with Crippen molar-refractivity contribution >= 4 is 17.3 Å². The number of halogens is 4. The smallest absolute Gasteiger partial charge is 0.257 e. The molecule has 0 radical (unpaired) electrons. The summed E-state index contributed by atoms with van der Waals surface area (Å²) in [6.45, 7) is 0.580. The van der Waals surface area contributed by atoms with Crippen LogP contribution in [-0.2, 0) is 12.7 Å². The number of nitriles is 1. The third-order valence-electron chi connectivity index (χ3n) is 5.26. The van der Waals surface area contributed by atoms with Crippen molar-refractivity contribution in [1.82, 2.24) is 19.7 Å². The lowest BCUT2D eigenvalue weighted by molar-refractivity contribution is 0.109. The molecule has 1 saturated carbocycles. The van der Waals surface area contributed by atoms with Gasteiger partial charge in [-0.3, -0.25) is 0 Å². The Morgan fingerprint density at radius 2 is 1.96 bits per heavy atom. The van der Waals surface area contributed by atoms with Crippen LogP contribution in [0.2, 0.25) is 5.15 Å². The molecule has 6 nitrogen and oxygen atoms in total. The zero-order valence-corrected chi connectivity index (χ0v) is 15.2. The van der Waals surface area contributed by atoms with Crippen LogP contribution in [-0.4, -0.2) is 38.8 Å². The van der Waals surface area contributed by atoms with E-state index >= 15 is 4.39 Å². The molecule has 1 aliphatic heterocycles. The first-order chi connectivity index (χ1) is 12.7. The molecular formula is C17H16ClF3N6. The van der Waals surface area contributed by atoms with Gasteiger partial charge in [0, 0.05) is 39.4 Å². The molecule has 2 aliphatic rings. The number of piperidine rings is 1. The molecule has 1 atom stereocenters. The van der Waals surface area contributed by atoms with E-state index in [4.69, 9.17) is 11.6 Å². The molecule has 0 amide bonds. The molecule has 2 aromatic heterocycles. The highest BCUT2D eigenvalue weighted by Gasteiger charge is 2.58. The Morgan fingerprint density at radius 3 is 2.48 bits per heavy atom. The van der Waals surface area contributed by atoms with E-state index in [2.05, 4.69) is 15.2 Å². The summed E-state index contributed by atoms with van der Waals surface area (Å²) < 4.78 is 43.5. The Morgan fingerprint density at radius 1 is 1.30 bits per heavy atom. The average Bonchev–Trinajstić information content (AvgIpc) is 3.04. The molecule has 0 aromatic carbocycles. The maximum atomic E-state index is 15.3. The van der Waals surface area contributed by atoms with Crippen LogP contribution in [0, 0.1) is 11.3 Å². The van der Waals surface area contributed by atoms with Crippen LogP contribution < -0.4 is 4.90 Å². The van der Waals surface area contributed by atoms with Crippen LogP contribution in [0.4, 0.5) is 18.9 Å². The molecule has 27 heavy (non-hydrogen) atoms. The minimum atomic E-state index is -2.79. The molecule has 4 rings (SSSR count). The summed E-state index contributed by atoms with van der Waals surface area (Å²) in [6.07, 6.45) is 1.45. The van der Waals surface area contributed by atoms with Gasteiger partial charge < -0.3 is 9.47 Å². The first kappa shape index (κ1) is 18.0. The quantitative estimate of drug-likeness (QED) is 0.744. The minimum Gasteiger partial charge on any atom is -0.368 e. The summed E-state index contributed by atoms with van der Waals surface area (Å²) in [5.41, 5.74) is -0.948. The van der Waals surface area contributed by atoms with Gasteiger partial charge in [-0.1, -0.05) is 11.6 Å². The summed E-state index contributed by atoms with van der Waals surface area (Å²) in [5.74, 6) is -3.52. The first-order valence-corrected chi connectivity index (χ1v) is 8.90. The summed E-state index contributed by atoms with van der Waals surface area (Å²) in [6, 6.07) is 3.38. The highest BCUT2D eigenvalue weighted by molar-refractivity contribution is 6.32. The summed E-state index contributed by atoms with van der Waals surface area (Å²) in [7, 11) is 1.68. The standard InChI is InChI=1S/C17H16ClF3N6/c1-26-9-23-25-15(26)16(19)2-4-27(5-3-16)13-10(8-22)6-12(24-14(13)18)11-7-17(11,20)21/h6,9,11H,2-5,7H2,1H3. The second kappa shape index (κ2) is 6.09. The van der Waals surface area contributed by atoms with Gasteiger partial charge in [0.2, 0.25) is 0 Å². The van der Waals surface area contributed by atoms with Gasteiger partial charge in [-0.15, -0.1) is 10.2 Å². The van der Waals surface area contributed by atoms with Crippen molar-refractivity contribution in [3.8, 4) is 6.07 Å². The largest absolute Gasteiger partial charge is 0.368 e. The number of aromatic nitrogens is 4. The van der Waals surface area contributed by atoms with Crippen LogP contribution in [0.25, 0.3) is 0 Å². The Hall–Kier alpha value is -2.34. The summed E-state index contributed by atoms with van der Waals surface area (Å²) in [5, 5.41) is 17.1. The number of alkyl halides is 3. The maximum Gasteiger partial charge on any atom is 0.257 e. The van der Waals surface area contributed by atoms with Crippen molar-refractivity contribution in [3.05, 3.63) is 34.6 Å². The second-order valence-corrected chi connectivity index (χ2v) is 7.44. The third-order valence-corrected chi connectivity index (χ3v) is 5.52. The van der Waals surface area contributed by atoms with Crippen LogP contribution in [0.5, 0.6) is 0 Å². The van der Waals surface area contributed by atoms with Crippen molar-refractivity contribution in [1.29, 1.82) is 5.26 Å². The molecule has 1 unspecified atom stereocenters. The van der Waals surface area contributed by atoms with E-state index < -0.39 is 17.5 Å². The molecule has 1 aliphatic carbocycles. The fraction of sp³-hybridized carbons (Fsp3) is 0.529. The topological polar surface area (TPSA) is 70.6 Å². The number of nitrogens with zero attached hydrogens (tertiary/aromatic N) is 6. The van der Waals surface area contributed by atoms with Gasteiger partial charge in [0.25, 0.3) is 5.92 Å². The summed E-state index contributed by atoms with van der Waals surface area (Å²) >= 11 is 6.24. The molecule has 0 spiro atoms. The molecule has 0 bridgehead atoms. The Kier molecular flexibility index (Phi) is 4.07. The van der Waals surface area contributed by atoms with E-state index in [1.54, 1.807) is 16.5 Å². The zero-order chi connectivity index (χ0) is 19.4. The van der Waals surface area contributed by atoms with Crippen molar-refractivity contribution in [2.75, 3.05) is 18.0 Å². The highest BCUT2D eigenvalue weighted by Crippen LogP contribution is 2.55. The van der Waals surface area contributed by atoms with E-state index in [0.29, 0.717) is 18.8 Å². The van der Waals surface area contributed by atoms with Crippen LogP contribution >= 0.6 is 11.6 Å². The van der Waals surface area contributed by atoms with Gasteiger partial charge in [0.1, 0.15) is 12.4 Å². The van der Waals surface area contributed by atoms with Crippen molar-refractivity contribution in [3.63, 3.8) is 0 Å². The van der Waals surface area contributed by atoms with E-state index in [1.165, 1.54) is 12.4 Å². The van der Waals surface area contributed by atoms with Gasteiger partial charge in [-0.05, 0) is 6.07 Å². The van der Waals surface area contributed by atoms with Crippen LogP contribution in [0.1, 0.15) is 42.3 Å². The molecule has 10 heteroatoms. The lowest BCUT2D eigenvalue weighted by atomic mass is 9.91. The highest BCUT2D eigenvalue weighted by atomic mass is 35.5. The van der Waals surface area contributed by atoms with E-state index in [9.17, 15) is 14.0 Å². The molecule has 3 heterocycles. The van der Waals surface area contributed by atoms with Gasteiger partial charge >= 0.3 is 0 Å². The van der Waals surface area contributed by atoms with Crippen molar-refractivity contribution in [2.45, 2.75) is 36.8 Å². The fourth-order valence-electron chi connectivity index (χ4n) is 3.62. The molecule has 142 valence electrons. The maximum absolute atomic E-state index is 15.3. The van der Waals surface area contributed by atoms with E-state index in [0.717, 1.165) is 0 Å². The Labute approximate surface area is 158 Å². The predicted molar refractivity (Wildman–Crippen MR) is 91.5 cm³/mol. The predicted octanol–water partition coefficient (Wildman–Crippen LogP) is 3.32. The number of hydrogen-bond donors (Lipinski definition) is 0. The SMILES string of the molecule is Cn1cnnc1C1(F)CCN(c2c(C#N)cc(C3CC3(F)F)nc2Cl)CC1. The van der Waals surface area contributed by atoms with Gasteiger partial charge in [0.15, 0.2) is 16.6 Å². The monoisotopic (exact) mass is 396 g/mol. The van der Waals surface area contributed by atoms with Gasteiger partial charge in [-0.2, -0.15) is 5.26 Å². The second-order valence-electron chi connectivity index (χ2n) is 7.08. The van der Waals surface area contributed by atoms with Gasteiger partial charge in [-0.25, -0.2) is 18.2 Å². The molecule has 0 N–H and O–H groups in total. The van der Waals surface area contributed by atoms with E-state index in [1.807, 2.05) is 6.07 Å². The number of anilines is 1. The third kappa shape index (κ3) is 3.02. The molecule has 2 fully saturated rings.